The van der Waals surface area contributed by atoms with Crippen LogP contribution in [0.4, 0.5) is 0 Å². The number of ether oxygens (including phenoxy) is 3. The van der Waals surface area contributed by atoms with Gasteiger partial charge in [0.1, 0.15) is 34.5 Å². The third kappa shape index (κ3) is 19.5. The molecule has 0 fully saturated rings. The third-order valence-electron chi connectivity index (χ3n) is 19.5. The van der Waals surface area contributed by atoms with Crippen LogP contribution in [0.3, 0.4) is 0 Å². The molecule has 6 rings (SSSR count). The van der Waals surface area contributed by atoms with Gasteiger partial charge in [0.05, 0.1) is 19.3 Å². The maximum atomic E-state index is 14.3. The van der Waals surface area contributed by atoms with Gasteiger partial charge >= 0.3 is 17.9 Å². The van der Waals surface area contributed by atoms with Crippen molar-refractivity contribution in [3.05, 3.63) is 173 Å². The van der Waals surface area contributed by atoms with Crippen molar-refractivity contribution in [1.29, 1.82) is 0 Å². The van der Waals surface area contributed by atoms with Crippen LogP contribution >= 0.6 is 0 Å². The summed E-state index contributed by atoms with van der Waals surface area (Å²) >= 11 is 0. The first kappa shape index (κ1) is 79.1. The van der Waals surface area contributed by atoms with Crippen LogP contribution in [0.25, 0.3) is 0 Å². The molecule has 0 bridgehead atoms. The first-order chi connectivity index (χ1) is 43.9. The Labute approximate surface area is 586 Å². The van der Waals surface area contributed by atoms with E-state index in [0.29, 0.717) is 42.9 Å². The lowest BCUT2D eigenvalue weighted by Crippen LogP contribution is -2.21. The number of phenolic OH excluding ortho intramolecular Hbond substituents is 3. The van der Waals surface area contributed by atoms with Gasteiger partial charge in [-0.05, 0) is 203 Å². The Kier molecular flexibility index (Phi) is 23.2. The second kappa shape index (κ2) is 28.4. The number of hydrogen-bond acceptors (Lipinski definition) is 9. The molecule has 0 saturated carbocycles. The topological polar surface area (TPSA) is 140 Å². The van der Waals surface area contributed by atoms with Crippen molar-refractivity contribution in [2.75, 3.05) is 0 Å². The summed E-state index contributed by atoms with van der Waals surface area (Å²) in [6.45, 7) is 66.1. The first-order valence-corrected chi connectivity index (χ1v) is 35.6. The standard InChI is InChI=1S/C88H124O9/c1-51(61-48-65(83(14,15)16)71(39-52(61)2)95-74(89)35-32-55-42-58(80(5,6)7)45-68(77(55)92)86(23,24)25)38-64(62-49-66(84(17,18)19)72(40-53(62)3)96-75(90)36-33-56-43-59(81(8,9)10)46-69(78(56)93)87(26,27)28)63-50-67(85(20,21)22)73(41-54(63)4)97-76(91)37-34-57-44-60(82(11,12)13)47-70(79(57)94)88(29,30)31/h39-51,64,92-94H,32-38H2,1-31H3. The summed E-state index contributed by atoms with van der Waals surface area (Å²) in [6.07, 6.45) is 1.80. The van der Waals surface area contributed by atoms with Crippen LogP contribution in [-0.2, 0) is 82.4 Å². The maximum Gasteiger partial charge on any atom is 0.311 e. The number of aryl methyl sites for hydroxylation is 6. The largest absolute Gasteiger partial charge is 0.507 e. The fraction of sp³-hybridized carbons (Fsp3) is 0.557. The second-order valence-corrected chi connectivity index (χ2v) is 37.6. The molecule has 1 unspecified atom stereocenters. The number of carbonyl (C=O) groups is 3. The van der Waals surface area contributed by atoms with Gasteiger partial charge in [-0.25, -0.2) is 0 Å². The monoisotopic (exact) mass is 1320 g/mol. The zero-order valence-corrected chi connectivity index (χ0v) is 65.8. The van der Waals surface area contributed by atoms with E-state index in [1.807, 2.05) is 36.4 Å². The fourth-order valence-electron chi connectivity index (χ4n) is 13.2. The van der Waals surface area contributed by atoms with Gasteiger partial charge in [0.25, 0.3) is 0 Å². The zero-order chi connectivity index (χ0) is 73.8. The highest BCUT2D eigenvalue weighted by Gasteiger charge is 2.35. The Hall–Kier alpha value is -6.87. The van der Waals surface area contributed by atoms with E-state index in [4.69, 9.17) is 14.2 Å². The molecule has 97 heavy (non-hydrogen) atoms. The highest BCUT2D eigenvalue weighted by Crippen LogP contribution is 2.48. The summed E-state index contributed by atoms with van der Waals surface area (Å²) in [5.41, 5.74) is 14.0. The van der Waals surface area contributed by atoms with Gasteiger partial charge in [-0.2, -0.15) is 0 Å². The molecule has 0 aromatic heterocycles. The normalized spacial score (nSPS) is 13.5. The van der Waals surface area contributed by atoms with Crippen molar-refractivity contribution in [2.45, 2.75) is 320 Å². The molecule has 0 heterocycles. The Morgan fingerprint density at radius 3 is 0.773 bits per heavy atom. The van der Waals surface area contributed by atoms with E-state index in [9.17, 15) is 29.7 Å². The van der Waals surface area contributed by atoms with Gasteiger partial charge in [-0.3, -0.25) is 14.4 Å². The minimum Gasteiger partial charge on any atom is -0.507 e. The molecule has 530 valence electrons. The molecule has 9 heteroatoms. The molecule has 0 aliphatic heterocycles. The summed E-state index contributed by atoms with van der Waals surface area (Å²) in [5.74, 6) is 0.740. The SMILES string of the molecule is Cc1cc(OC(=O)CCc2cc(C(C)(C)C)cc(C(C)(C)C)c2O)c(C(C)(C)C)cc1C(C)CC(c1cc(C(C)(C)C)c(OC(=O)CCc2cc(C(C)(C)C)cc(C(C)(C)C)c2O)cc1C)c1cc(C(C)(C)C)c(OC(=O)CCc2cc(C(C)(C)C)cc(C(C)(C)C)c2O)cc1C. The molecule has 9 nitrogen and oxygen atoms in total. The van der Waals surface area contributed by atoms with Gasteiger partial charge in [0.2, 0.25) is 0 Å². The Bertz CT molecular complexity index is 3730. The average Bonchev–Trinajstić information content (AvgIpc) is 0.754. The highest BCUT2D eigenvalue weighted by molar-refractivity contribution is 5.76. The third-order valence-corrected chi connectivity index (χ3v) is 19.5. The molecule has 6 aromatic rings. The van der Waals surface area contributed by atoms with Crippen LogP contribution in [0, 0.1) is 20.8 Å². The number of hydrogen-bond donors (Lipinski definition) is 3. The summed E-state index contributed by atoms with van der Waals surface area (Å²) in [6, 6.07) is 25.2. The fourth-order valence-corrected chi connectivity index (χ4v) is 13.2. The quantitative estimate of drug-likeness (QED) is 0.0601. The van der Waals surface area contributed by atoms with Crippen LogP contribution < -0.4 is 14.2 Å². The lowest BCUT2D eigenvalue weighted by Gasteiger charge is -2.32. The molecule has 0 spiro atoms. The van der Waals surface area contributed by atoms with E-state index in [-0.39, 0.29) is 98.7 Å². The average molecular weight is 1330 g/mol. The van der Waals surface area contributed by atoms with Crippen LogP contribution in [0.5, 0.6) is 34.5 Å². The molecule has 3 N–H and O–H groups in total. The summed E-state index contributed by atoms with van der Waals surface area (Å²) in [5, 5.41) is 35.0. The van der Waals surface area contributed by atoms with E-state index in [0.717, 1.165) is 100 Å². The lowest BCUT2D eigenvalue weighted by molar-refractivity contribution is -0.135. The van der Waals surface area contributed by atoms with Crippen molar-refractivity contribution in [3.8, 4) is 34.5 Å². The summed E-state index contributed by atoms with van der Waals surface area (Å²) in [4.78, 5) is 42.8. The smallest absolute Gasteiger partial charge is 0.311 e. The lowest BCUT2D eigenvalue weighted by atomic mass is 9.74. The van der Waals surface area contributed by atoms with Gasteiger partial charge in [-0.1, -0.05) is 248 Å². The van der Waals surface area contributed by atoms with Crippen molar-refractivity contribution < 1.29 is 43.9 Å². The van der Waals surface area contributed by atoms with Gasteiger partial charge in [-0.15, -0.1) is 0 Å². The van der Waals surface area contributed by atoms with Crippen LogP contribution in [-0.4, -0.2) is 33.2 Å². The molecule has 0 aliphatic rings. The van der Waals surface area contributed by atoms with E-state index in [1.54, 1.807) is 0 Å². The number of benzene rings is 6. The Morgan fingerprint density at radius 1 is 0.320 bits per heavy atom. The molecule has 0 radical (unpaired) electrons. The number of carbonyl (C=O) groups excluding carboxylic acids is 3. The van der Waals surface area contributed by atoms with E-state index < -0.39 is 16.2 Å². The van der Waals surface area contributed by atoms with E-state index in [2.05, 4.69) is 251 Å². The van der Waals surface area contributed by atoms with Crippen LogP contribution in [0.1, 0.15) is 332 Å². The second-order valence-electron chi connectivity index (χ2n) is 37.6. The predicted molar refractivity (Wildman–Crippen MR) is 403 cm³/mol. The number of aromatic hydroxyl groups is 3. The summed E-state index contributed by atoms with van der Waals surface area (Å²) < 4.78 is 19.4. The molecule has 0 saturated heterocycles. The summed E-state index contributed by atoms with van der Waals surface area (Å²) in [7, 11) is 0. The van der Waals surface area contributed by atoms with Crippen molar-refractivity contribution in [1.82, 2.24) is 0 Å². The van der Waals surface area contributed by atoms with Gasteiger partial charge in [0, 0.05) is 22.6 Å². The first-order valence-electron chi connectivity index (χ1n) is 35.6. The van der Waals surface area contributed by atoms with E-state index >= 15 is 0 Å². The predicted octanol–water partition coefficient (Wildman–Crippen LogP) is 22.3. The number of rotatable bonds is 17. The van der Waals surface area contributed by atoms with E-state index in [1.165, 1.54) is 0 Å². The molecular weight excluding hydrogens is 1200 g/mol. The highest BCUT2D eigenvalue weighted by atomic mass is 16.5. The Morgan fingerprint density at radius 2 is 0.546 bits per heavy atom. The molecule has 0 amide bonds. The van der Waals surface area contributed by atoms with Crippen molar-refractivity contribution in [3.63, 3.8) is 0 Å². The van der Waals surface area contributed by atoms with Gasteiger partial charge < -0.3 is 29.5 Å². The minimum absolute atomic E-state index is 0.0603. The number of esters is 3. The Balaban J connectivity index is 1.46. The molecule has 0 aliphatic carbocycles. The zero-order valence-electron chi connectivity index (χ0n) is 65.8. The van der Waals surface area contributed by atoms with Crippen LogP contribution in [0.15, 0.2) is 72.8 Å². The molecule has 1 atom stereocenters. The van der Waals surface area contributed by atoms with Crippen LogP contribution in [0.2, 0.25) is 0 Å². The maximum absolute atomic E-state index is 14.3. The van der Waals surface area contributed by atoms with Crippen molar-refractivity contribution >= 4 is 17.9 Å². The number of phenols is 3. The van der Waals surface area contributed by atoms with Crippen molar-refractivity contribution in [2.24, 2.45) is 0 Å². The van der Waals surface area contributed by atoms with Gasteiger partial charge in [0.15, 0.2) is 0 Å². The minimum atomic E-state index is -0.477. The molecular formula is C88H124O9. The molecule has 6 aromatic carbocycles.